The SMILES string of the molecule is OC[C@H]1O[C@@H](Oc2ccc(OCCCOC[C@H]3O[C@@H]4O[C@H]5[C@H](O)[C@@H](O)[C@@H](O[C@H]6[C@H](O)[C@@H](O)[C@@H](O[C@H]7[C@H](O)[C@@H](O)[C@@H](O[C@H]8[C@H](O)[C@@H](O)[C@@H](O[C@H]9[C@H](O)[C@@H](O)[C@@H](O[C@H]%10[C@H](O)[C@@H](O)[C@@H](O[C@H]3[C@H](O)[C@H]4O)O[C@@H]%10CO)O[C@@H]9CO)O[C@@H]8CO)O[C@@H]7COCCCOc3ccc(O[C@@H]4O[C@H](CO)[C@@H](O)[C@H](O)[C@H]4O)cc3)O[C@@H]6CO)O[C@@H]5CO)cc2)[C@H](O)[C@@H](O)[C@@H]1O. The smallest absolute Gasteiger partial charge is 0.229 e. The Labute approximate surface area is 686 Å². The number of hydrogen-bond donors (Lipinski definition) is 27. The minimum Gasteiger partial charge on any atom is -0.494 e. The summed E-state index contributed by atoms with van der Waals surface area (Å²) >= 11 is 0. The number of ether oxygens (including phenoxy) is 22. The van der Waals surface area contributed by atoms with Crippen LogP contribution in [0.15, 0.2) is 48.5 Å². The van der Waals surface area contributed by atoms with Gasteiger partial charge in [-0.05, 0) is 48.5 Å². The zero-order valence-electron chi connectivity index (χ0n) is 64.3. The molecule has 0 aliphatic carbocycles. The molecule has 23 aliphatic heterocycles. The Balaban J connectivity index is 0.760. The first-order chi connectivity index (χ1) is 58.0. The molecule has 23 heterocycles. The largest absolute Gasteiger partial charge is 0.494 e. The van der Waals surface area contributed by atoms with Crippen molar-refractivity contribution in [3.63, 3.8) is 0 Å². The number of rotatable bonds is 25. The van der Waals surface area contributed by atoms with Gasteiger partial charge in [-0.3, -0.25) is 0 Å². The molecule has 0 unspecified atom stereocenters. The molecule has 27 N–H and O–H groups in total. The van der Waals surface area contributed by atoms with Gasteiger partial charge in [-0.25, -0.2) is 0 Å². The first kappa shape index (κ1) is 95.9. The fraction of sp³-hybridized carbons (Fsp3) is 0.833. The van der Waals surface area contributed by atoms with E-state index in [0.29, 0.717) is 0 Å². The van der Waals surface area contributed by atoms with Crippen molar-refractivity contribution in [2.45, 2.75) is 289 Å². The zero-order valence-corrected chi connectivity index (χ0v) is 64.3. The van der Waals surface area contributed by atoms with E-state index in [1.54, 1.807) is 0 Å². The van der Waals surface area contributed by atoms with Crippen molar-refractivity contribution in [2.75, 3.05) is 85.9 Å². The zero-order chi connectivity index (χ0) is 87.1. The highest BCUT2D eigenvalue weighted by molar-refractivity contribution is 5.32. The van der Waals surface area contributed by atoms with Gasteiger partial charge in [0.25, 0.3) is 0 Å². The molecule has 2 aromatic carbocycles. The van der Waals surface area contributed by atoms with E-state index in [-0.39, 0.29) is 62.3 Å². The second-order valence-corrected chi connectivity index (χ2v) is 30.4. The molecule has 25 rings (SSSR count). The van der Waals surface area contributed by atoms with Crippen molar-refractivity contribution < 1.29 is 242 Å². The third kappa shape index (κ3) is 21.6. The predicted octanol–water partition coefficient (Wildman–Crippen LogP) is -15.9. The Morgan fingerprint density at radius 1 is 0.198 bits per heavy atom. The van der Waals surface area contributed by atoms with E-state index in [9.17, 15) is 138 Å². The molecular formula is C72H110O49. The lowest BCUT2D eigenvalue weighted by molar-refractivity contribution is -0.397. The first-order valence-electron chi connectivity index (χ1n) is 39.3. The molecule has 0 saturated carbocycles. The second kappa shape index (κ2) is 43.3. The van der Waals surface area contributed by atoms with Crippen LogP contribution < -0.4 is 18.9 Å². The highest BCUT2D eigenvalue weighted by atomic mass is 16.8. The van der Waals surface area contributed by atoms with Gasteiger partial charge in [0.1, 0.15) is 243 Å². The summed E-state index contributed by atoms with van der Waals surface area (Å²) in [5, 5.41) is 300. The molecule has 23 fully saturated rings. The normalized spacial score (nSPS) is 47.1. The molecule has 49 nitrogen and oxygen atoms in total. The highest BCUT2D eigenvalue weighted by Gasteiger charge is 2.61. The van der Waals surface area contributed by atoms with Gasteiger partial charge in [-0.2, -0.15) is 0 Å². The Bertz CT molecular complexity index is 3280. The summed E-state index contributed by atoms with van der Waals surface area (Å²) in [7, 11) is 0. The molecule has 0 radical (unpaired) electrons. The average Bonchev–Trinajstić information content (AvgIpc) is 0.849. The lowest BCUT2D eigenvalue weighted by Crippen LogP contribution is -2.68. The quantitative estimate of drug-likeness (QED) is 0.0411. The molecule has 0 amide bonds. The number of aliphatic hydroxyl groups excluding tert-OH is 27. The van der Waals surface area contributed by atoms with Crippen LogP contribution in [0.2, 0.25) is 0 Å². The number of aliphatic hydroxyl groups is 27. The maximum atomic E-state index is 12.0. The van der Waals surface area contributed by atoms with Crippen LogP contribution in [-0.2, 0) is 85.3 Å². The predicted molar refractivity (Wildman–Crippen MR) is 378 cm³/mol. The summed E-state index contributed by atoms with van der Waals surface area (Å²) in [4.78, 5) is 0. The third-order valence-corrected chi connectivity index (χ3v) is 22.2. The van der Waals surface area contributed by atoms with E-state index in [2.05, 4.69) is 0 Å². The molecule has 2 aromatic rings. The van der Waals surface area contributed by atoms with Crippen molar-refractivity contribution in [2.24, 2.45) is 0 Å². The van der Waals surface area contributed by atoms with Crippen LogP contribution >= 0.6 is 0 Å². The van der Waals surface area contributed by atoms with Crippen molar-refractivity contribution in [3.05, 3.63) is 48.5 Å². The molecule has 121 heavy (non-hydrogen) atoms. The van der Waals surface area contributed by atoms with Crippen LogP contribution in [-0.4, -0.2) is 500 Å². The van der Waals surface area contributed by atoms with Gasteiger partial charge >= 0.3 is 0 Å². The molecule has 23 saturated heterocycles. The Morgan fingerprint density at radius 3 is 0.628 bits per heavy atom. The molecule has 45 atom stereocenters. The summed E-state index contributed by atoms with van der Waals surface area (Å²) < 4.78 is 129. The summed E-state index contributed by atoms with van der Waals surface area (Å²) in [6.07, 6.45) is -88.0. The van der Waals surface area contributed by atoms with Gasteiger partial charge < -0.3 is 242 Å². The van der Waals surface area contributed by atoms with Gasteiger partial charge in [0.15, 0.2) is 44.0 Å². The van der Waals surface area contributed by atoms with E-state index < -0.39 is 336 Å². The summed E-state index contributed by atoms with van der Waals surface area (Å²) in [6.45, 7) is -8.65. The first-order valence-corrected chi connectivity index (χ1v) is 39.3. The summed E-state index contributed by atoms with van der Waals surface area (Å²) in [6, 6.07) is 11.6. The molecule has 0 aromatic heterocycles. The van der Waals surface area contributed by atoms with Crippen molar-refractivity contribution in [1.82, 2.24) is 0 Å². The minimum atomic E-state index is -2.30. The van der Waals surface area contributed by atoms with Gasteiger partial charge in [0.05, 0.1) is 72.7 Å². The van der Waals surface area contributed by atoms with Crippen LogP contribution in [0.5, 0.6) is 23.0 Å². The lowest BCUT2D eigenvalue weighted by atomic mass is 9.95. The maximum absolute atomic E-state index is 12.0. The Hall–Kier alpha value is -4.16. The van der Waals surface area contributed by atoms with Gasteiger partial charge in [0.2, 0.25) is 12.6 Å². The monoisotopic (exact) mass is 1760 g/mol. The number of benzene rings is 2. The standard InChI is InChI=1S/C72H110O49/c73-15-28-37(80)39(82)48(91)64(106-28)104-26-7-3-24(4-8-26)102-13-1-11-100-22-35-62-47(90)56(99)72(114-35)119-61-34(21-79)110-68(52(95)43(61)86)117-59-32(19-77)112-70(54(97)45(59)88)121-63-36(23-101-12-2-14-103-25-5-9-27(10-6-25)105-65-49(92)40(83)38(81)29(16-74)107-65)113-71(55(98)46(63)89)118-60-33(20-78)109-67(51(94)42(60)85)115-57-30(17-75)108-66(50(93)41(57)84)116-58-31(18-76)111-69(120-62)53(96)44(58)87/h3-10,28-99H,1-2,11-23H2/t28-,29-,30-,31-,32-,33-,34-,35-,36-,37-,38-,39+,40+,41-,42-,43-,44-,45-,46-,47-,48-,49-,50-,51-,52-,53-,54-,55-,56-,57-,58-,59-,60-,61-,62-,63-,64-,65-,66-,67-,68-,69-,70-,71-,72-/m1/s1. The Morgan fingerprint density at radius 2 is 0.405 bits per heavy atom. The molecular weight excluding hydrogens is 1650 g/mol. The van der Waals surface area contributed by atoms with Crippen molar-refractivity contribution >= 4 is 0 Å². The van der Waals surface area contributed by atoms with Gasteiger partial charge in [0, 0.05) is 26.1 Å². The van der Waals surface area contributed by atoms with Gasteiger partial charge in [-0.1, -0.05) is 0 Å². The van der Waals surface area contributed by atoms with Crippen LogP contribution in [0.1, 0.15) is 12.8 Å². The summed E-state index contributed by atoms with van der Waals surface area (Å²) in [5.74, 6) is 0.828. The molecule has 23 aliphatic rings. The second-order valence-electron chi connectivity index (χ2n) is 30.4. The molecule has 14 bridgehead atoms. The molecule has 0 spiro atoms. The van der Waals surface area contributed by atoms with E-state index >= 15 is 0 Å². The Kier molecular flexibility index (Phi) is 34.3. The van der Waals surface area contributed by atoms with Crippen LogP contribution in [0.3, 0.4) is 0 Å². The summed E-state index contributed by atoms with van der Waals surface area (Å²) in [5.41, 5.74) is 0. The topological polar surface area (TPSA) is 749 Å². The van der Waals surface area contributed by atoms with E-state index in [0.717, 1.165) is 0 Å². The van der Waals surface area contributed by atoms with E-state index in [4.69, 9.17) is 104 Å². The van der Waals surface area contributed by atoms with E-state index in [1.807, 2.05) is 0 Å². The highest BCUT2D eigenvalue weighted by Crippen LogP contribution is 2.41. The van der Waals surface area contributed by atoms with Crippen LogP contribution in [0.25, 0.3) is 0 Å². The van der Waals surface area contributed by atoms with Crippen molar-refractivity contribution in [1.29, 1.82) is 0 Å². The van der Waals surface area contributed by atoms with Crippen LogP contribution in [0.4, 0.5) is 0 Å². The average molecular weight is 1760 g/mol. The number of hydrogen-bond acceptors (Lipinski definition) is 49. The lowest BCUT2D eigenvalue weighted by Gasteiger charge is -2.50. The van der Waals surface area contributed by atoms with Crippen LogP contribution in [0, 0.1) is 0 Å². The molecule has 49 heteroatoms. The fourth-order valence-electron chi connectivity index (χ4n) is 15.3. The molecule has 692 valence electrons. The van der Waals surface area contributed by atoms with Crippen molar-refractivity contribution in [3.8, 4) is 23.0 Å². The fourth-order valence-corrected chi connectivity index (χ4v) is 15.3. The third-order valence-electron chi connectivity index (χ3n) is 22.2. The van der Waals surface area contributed by atoms with E-state index in [1.165, 1.54) is 48.5 Å². The maximum Gasteiger partial charge on any atom is 0.229 e. The van der Waals surface area contributed by atoms with Gasteiger partial charge in [-0.15, -0.1) is 0 Å². The minimum absolute atomic E-state index is 0.0469.